The summed E-state index contributed by atoms with van der Waals surface area (Å²) < 4.78 is 32.5. The highest BCUT2D eigenvalue weighted by Crippen LogP contribution is 2.33. The van der Waals surface area contributed by atoms with Gasteiger partial charge in [0.25, 0.3) is 5.91 Å². The van der Waals surface area contributed by atoms with Gasteiger partial charge in [-0.05, 0) is 39.7 Å². The number of hydrogen-bond donors (Lipinski definition) is 1. The lowest BCUT2D eigenvalue weighted by molar-refractivity contribution is 0.0910. The first-order valence-electron chi connectivity index (χ1n) is 7.81. The monoisotopic (exact) mass is 435 g/mol. The standard InChI is InChI=1S/C17H14BrN3O4S/c18-11-7-19-21(8-11)9-12-5-6-15(25-12)17(22)20-14-10-26(23,24)16-4-2-1-3-13(14)16/h1-8,14H,9-10H2,(H,20,22)/t14-/m1/s1. The van der Waals surface area contributed by atoms with Crippen molar-refractivity contribution in [3.63, 3.8) is 0 Å². The van der Waals surface area contributed by atoms with Crippen LogP contribution in [0.25, 0.3) is 0 Å². The molecule has 1 amide bonds. The van der Waals surface area contributed by atoms with E-state index in [2.05, 4.69) is 26.3 Å². The van der Waals surface area contributed by atoms with Gasteiger partial charge in [-0.25, -0.2) is 8.42 Å². The van der Waals surface area contributed by atoms with E-state index in [1.807, 2.05) is 0 Å². The molecule has 0 aliphatic carbocycles. The van der Waals surface area contributed by atoms with E-state index in [-0.39, 0.29) is 16.4 Å². The van der Waals surface area contributed by atoms with Crippen molar-refractivity contribution >= 4 is 31.7 Å². The minimum Gasteiger partial charge on any atom is -0.454 e. The smallest absolute Gasteiger partial charge is 0.287 e. The van der Waals surface area contributed by atoms with Gasteiger partial charge in [-0.1, -0.05) is 18.2 Å². The molecule has 0 saturated heterocycles. The molecule has 2 aromatic heterocycles. The Labute approximate surface area is 158 Å². The maximum absolute atomic E-state index is 12.5. The van der Waals surface area contributed by atoms with Gasteiger partial charge in [0.2, 0.25) is 0 Å². The van der Waals surface area contributed by atoms with Gasteiger partial charge in [-0.15, -0.1) is 0 Å². The largest absolute Gasteiger partial charge is 0.454 e. The summed E-state index contributed by atoms with van der Waals surface area (Å²) in [5.41, 5.74) is 0.606. The zero-order chi connectivity index (χ0) is 18.3. The average Bonchev–Trinajstić information content (AvgIpc) is 3.28. The third kappa shape index (κ3) is 3.19. The van der Waals surface area contributed by atoms with Gasteiger partial charge in [0.1, 0.15) is 5.76 Å². The molecule has 7 nitrogen and oxygen atoms in total. The number of nitrogens with zero attached hydrogens (tertiary/aromatic N) is 2. The molecular formula is C17H14BrN3O4S. The minimum atomic E-state index is -3.38. The number of hydrogen-bond acceptors (Lipinski definition) is 5. The van der Waals surface area contributed by atoms with Gasteiger partial charge in [-0.3, -0.25) is 9.48 Å². The Morgan fingerprint density at radius 3 is 2.88 bits per heavy atom. The molecular weight excluding hydrogens is 422 g/mol. The molecule has 1 aliphatic rings. The summed E-state index contributed by atoms with van der Waals surface area (Å²) in [6.45, 7) is 0.388. The van der Waals surface area contributed by atoms with E-state index in [0.717, 1.165) is 4.47 Å². The van der Waals surface area contributed by atoms with E-state index >= 15 is 0 Å². The lowest BCUT2D eigenvalue weighted by Crippen LogP contribution is -2.29. The van der Waals surface area contributed by atoms with Crippen LogP contribution in [-0.2, 0) is 16.4 Å². The van der Waals surface area contributed by atoms with Crippen molar-refractivity contribution in [2.24, 2.45) is 0 Å². The van der Waals surface area contributed by atoms with Crippen LogP contribution < -0.4 is 5.32 Å². The Bertz CT molecular complexity index is 1090. The molecule has 0 saturated carbocycles. The summed E-state index contributed by atoms with van der Waals surface area (Å²) in [5, 5.41) is 6.88. The summed E-state index contributed by atoms with van der Waals surface area (Å²) >= 11 is 3.32. The van der Waals surface area contributed by atoms with Crippen molar-refractivity contribution < 1.29 is 17.6 Å². The third-order valence-corrected chi connectivity index (χ3v) is 6.35. The van der Waals surface area contributed by atoms with E-state index in [4.69, 9.17) is 4.42 Å². The van der Waals surface area contributed by atoms with E-state index in [1.54, 1.807) is 53.5 Å². The first-order chi connectivity index (χ1) is 12.4. The van der Waals surface area contributed by atoms with Crippen LogP contribution in [-0.4, -0.2) is 29.9 Å². The summed E-state index contributed by atoms with van der Waals surface area (Å²) in [4.78, 5) is 12.7. The molecule has 0 radical (unpaired) electrons. The maximum Gasteiger partial charge on any atom is 0.287 e. The van der Waals surface area contributed by atoms with Gasteiger partial charge in [-0.2, -0.15) is 5.10 Å². The molecule has 0 spiro atoms. The van der Waals surface area contributed by atoms with Crippen LogP contribution in [0.2, 0.25) is 0 Å². The fourth-order valence-corrected chi connectivity index (χ4v) is 5.03. The molecule has 0 bridgehead atoms. The van der Waals surface area contributed by atoms with E-state index in [0.29, 0.717) is 17.9 Å². The summed E-state index contributed by atoms with van der Waals surface area (Å²) in [6.07, 6.45) is 3.46. The van der Waals surface area contributed by atoms with E-state index in [1.165, 1.54) is 0 Å². The van der Waals surface area contributed by atoms with Crippen LogP contribution in [0.15, 0.2) is 62.6 Å². The first-order valence-corrected chi connectivity index (χ1v) is 10.3. The number of sulfone groups is 1. The number of amides is 1. The third-order valence-electron chi connectivity index (χ3n) is 4.13. The topological polar surface area (TPSA) is 94.2 Å². The minimum absolute atomic E-state index is 0.132. The molecule has 1 atom stereocenters. The number of rotatable bonds is 4. The molecule has 9 heteroatoms. The molecule has 4 rings (SSSR count). The molecule has 0 fully saturated rings. The predicted octanol–water partition coefficient (Wildman–Crippen LogP) is 2.55. The Morgan fingerprint density at radius 1 is 1.31 bits per heavy atom. The molecule has 134 valence electrons. The van der Waals surface area contributed by atoms with Gasteiger partial charge in [0.05, 0.1) is 33.9 Å². The van der Waals surface area contributed by atoms with Gasteiger partial charge in [0, 0.05) is 6.20 Å². The van der Waals surface area contributed by atoms with Crippen molar-refractivity contribution in [1.82, 2.24) is 15.1 Å². The number of carbonyl (C=O) groups is 1. The second kappa shape index (κ2) is 6.40. The Kier molecular flexibility index (Phi) is 4.20. The molecule has 26 heavy (non-hydrogen) atoms. The van der Waals surface area contributed by atoms with Crippen molar-refractivity contribution in [1.29, 1.82) is 0 Å². The Balaban J connectivity index is 1.49. The molecule has 3 heterocycles. The lowest BCUT2D eigenvalue weighted by Gasteiger charge is -2.11. The van der Waals surface area contributed by atoms with Crippen LogP contribution in [0.3, 0.4) is 0 Å². The molecule has 1 aromatic carbocycles. The van der Waals surface area contributed by atoms with Crippen molar-refractivity contribution in [3.05, 3.63) is 70.3 Å². The quantitative estimate of drug-likeness (QED) is 0.679. The van der Waals surface area contributed by atoms with Crippen LogP contribution >= 0.6 is 15.9 Å². The second-order valence-electron chi connectivity index (χ2n) is 5.97. The molecule has 1 aliphatic heterocycles. The summed E-state index contributed by atoms with van der Waals surface area (Å²) in [7, 11) is -3.38. The molecule has 1 N–H and O–H groups in total. The number of aromatic nitrogens is 2. The van der Waals surface area contributed by atoms with E-state index in [9.17, 15) is 13.2 Å². The highest BCUT2D eigenvalue weighted by Gasteiger charge is 2.35. The summed E-state index contributed by atoms with van der Waals surface area (Å²) in [6, 6.07) is 9.39. The fraction of sp³-hybridized carbons (Fsp3) is 0.176. The normalized spacial score (nSPS) is 17.8. The van der Waals surface area contributed by atoms with Crippen LogP contribution in [0.1, 0.15) is 27.9 Å². The van der Waals surface area contributed by atoms with Gasteiger partial charge < -0.3 is 9.73 Å². The number of nitrogens with one attached hydrogen (secondary N) is 1. The predicted molar refractivity (Wildman–Crippen MR) is 96.4 cm³/mol. The SMILES string of the molecule is O=C(N[C@@H]1CS(=O)(=O)c2ccccc21)c1ccc(Cn2cc(Br)cn2)o1. The zero-order valence-electron chi connectivity index (χ0n) is 13.4. The highest BCUT2D eigenvalue weighted by molar-refractivity contribution is 9.10. The van der Waals surface area contributed by atoms with Crippen LogP contribution in [0.4, 0.5) is 0 Å². The van der Waals surface area contributed by atoms with Crippen molar-refractivity contribution in [2.75, 3.05) is 5.75 Å². The zero-order valence-corrected chi connectivity index (χ0v) is 15.8. The fourth-order valence-electron chi connectivity index (χ4n) is 2.97. The average molecular weight is 436 g/mol. The van der Waals surface area contributed by atoms with Crippen molar-refractivity contribution in [2.45, 2.75) is 17.5 Å². The van der Waals surface area contributed by atoms with Crippen molar-refractivity contribution in [3.8, 4) is 0 Å². The lowest BCUT2D eigenvalue weighted by atomic mass is 10.1. The number of benzene rings is 1. The maximum atomic E-state index is 12.5. The first kappa shape index (κ1) is 17.0. The second-order valence-corrected chi connectivity index (χ2v) is 8.89. The Morgan fingerprint density at radius 2 is 2.12 bits per heavy atom. The summed E-state index contributed by atoms with van der Waals surface area (Å²) in [5.74, 6) is 0.112. The molecule has 0 unspecified atom stereocenters. The number of furan rings is 1. The van der Waals surface area contributed by atoms with E-state index < -0.39 is 21.8 Å². The number of halogens is 1. The number of carbonyl (C=O) groups excluding carboxylic acids is 1. The highest BCUT2D eigenvalue weighted by atomic mass is 79.9. The van der Waals surface area contributed by atoms with Crippen LogP contribution in [0.5, 0.6) is 0 Å². The van der Waals surface area contributed by atoms with Gasteiger partial charge in [0.15, 0.2) is 15.6 Å². The van der Waals surface area contributed by atoms with Crippen LogP contribution in [0, 0.1) is 0 Å². The van der Waals surface area contributed by atoms with Gasteiger partial charge >= 0.3 is 0 Å². The Hall–Kier alpha value is -2.39. The molecule has 3 aromatic rings. The number of fused-ring (bicyclic) bond motifs is 1.